The molecule has 1 heterocycles. The maximum absolute atomic E-state index is 2.30. The van der Waals surface area contributed by atoms with Crippen LogP contribution in [-0.2, 0) is 6.42 Å². The molecule has 0 radical (unpaired) electrons. The molecule has 62 valence electrons. The van der Waals surface area contributed by atoms with Gasteiger partial charge in [0.15, 0.2) is 0 Å². The molecule has 0 N–H and O–H groups in total. The van der Waals surface area contributed by atoms with E-state index >= 15 is 0 Å². The van der Waals surface area contributed by atoms with Crippen molar-refractivity contribution in [2.45, 2.75) is 33.6 Å². The lowest BCUT2D eigenvalue weighted by atomic mass is 10.1. The van der Waals surface area contributed by atoms with Crippen LogP contribution in [-0.4, -0.2) is 0 Å². The molecule has 0 aromatic carbocycles. The second kappa shape index (κ2) is 3.91. The summed E-state index contributed by atoms with van der Waals surface area (Å²) in [4.78, 5) is 1.43. The molecule has 0 aliphatic carbocycles. The molecule has 0 aliphatic rings. The highest BCUT2D eigenvalue weighted by molar-refractivity contribution is 7.10. The summed E-state index contributed by atoms with van der Waals surface area (Å²) in [6.07, 6.45) is 2.57. The van der Waals surface area contributed by atoms with Crippen molar-refractivity contribution in [3.8, 4) is 0 Å². The maximum Gasteiger partial charge on any atom is 0.00170 e. The average Bonchev–Trinajstić information content (AvgIpc) is 2.31. The van der Waals surface area contributed by atoms with Crippen LogP contribution in [0.3, 0.4) is 0 Å². The van der Waals surface area contributed by atoms with Gasteiger partial charge in [0.05, 0.1) is 0 Å². The van der Waals surface area contributed by atoms with Crippen LogP contribution in [0.2, 0.25) is 0 Å². The molecule has 0 fully saturated rings. The van der Waals surface area contributed by atoms with Crippen molar-refractivity contribution < 1.29 is 0 Å². The smallest absolute Gasteiger partial charge is 0.00170 e. The molecule has 0 saturated heterocycles. The molecule has 0 spiro atoms. The van der Waals surface area contributed by atoms with E-state index in [2.05, 4.69) is 32.2 Å². The zero-order valence-electron chi connectivity index (χ0n) is 7.55. The Morgan fingerprint density at radius 1 is 1.45 bits per heavy atom. The summed E-state index contributed by atoms with van der Waals surface area (Å²) in [5, 5.41) is 2.28. The summed E-state index contributed by atoms with van der Waals surface area (Å²) in [6, 6.07) is 2.30. The standard InChI is InChI=1S/C10H16S/c1-8(2)4-5-10-6-9(3)11-7-10/h6-8H,4-5H2,1-3H3. The van der Waals surface area contributed by atoms with Crippen LogP contribution in [0.5, 0.6) is 0 Å². The van der Waals surface area contributed by atoms with Gasteiger partial charge in [-0.25, -0.2) is 0 Å². The molecule has 0 atom stereocenters. The number of aryl methyl sites for hydroxylation is 2. The van der Waals surface area contributed by atoms with Crippen LogP contribution in [0.15, 0.2) is 11.4 Å². The van der Waals surface area contributed by atoms with Crippen molar-refractivity contribution in [2.75, 3.05) is 0 Å². The molecular formula is C10H16S. The lowest BCUT2D eigenvalue weighted by Crippen LogP contribution is -1.89. The molecule has 0 aliphatic heterocycles. The molecule has 1 aromatic heterocycles. The van der Waals surface area contributed by atoms with Gasteiger partial charge >= 0.3 is 0 Å². The first-order valence-electron chi connectivity index (χ1n) is 4.22. The van der Waals surface area contributed by atoms with E-state index in [1.54, 1.807) is 0 Å². The first-order chi connectivity index (χ1) is 5.18. The van der Waals surface area contributed by atoms with Gasteiger partial charge in [0.25, 0.3) is 0 Å². The first-order valence-corrected chi connectivity index (χ1v) is 5.10. The molecule has 11 heavy (non-hydrogen) atoms. The third kappa shape index (κ3) is 3.06. The van der Waals surface area contributed by atoms with Gasteiger partial charge in [-0.2, -0.15) is 0 Å². The Bertz CT molecular complexity index is 210. The highest BCUT2D eigenvalue weighted by atomic mass is 32.1. The van der Waals surface area contributed by atoms with Gasteiger partial charge < -0.3 is 0 Å². The zero-order valence-corrected chi connectivity index (χ0v) is 8.37. The molecule has 1 heteroatoms. The van der Waals surface area contributed by atoms with E-state index in [4.69, 9.17) is 0 Å². The summed E-state index contributed by atoms with van der Waals surface area (Å²) in [5.41, 5.74) is 1.52. The molecule has 0 amide bonds. The van der Waals surface area contributed by atoms with Gasteiger partial charge in [0, 0.05) is 4.88 Å². The predicted octanol–water partition coefficient (Wildman–Crippen LogP) is 3.65. The number of rotatable bonds is 3. The third-order valence-electron chi connectivity index (χ3n) is 1.80. The Hall–Kier alpha value is -0.300. The van der Waals surface area contributed by atoms with Crippen molar-refractivity contribution in [3.05, 3.63) is 21.9 Å². The van der Waals surface area contributed by atoms with Gasteiger partial charge in [-0.05, 0) is 42.7 Å². The Morgan fingerprint density at radius 3 is 2.64 bits per heavy atom. The molecule has 1 aromatic rings. The van der Waals surface area contributed by atoms with Gasteiger partial charge in [-0.15, -0.1) is 11.3 Å². The molecule has 0 unspecified atom stereocenters. The van der Waals surface area contributed by atoms with Crippen LogP contribution in [0.1, 0.15) is 30.7 Å². The maximum atomic E-state index is 2.30. The van der Waals surface area contributed by atoms with Crippen molar-refractivity contribution in [1.29, 1.82) is 0 Å². The van der Waals surface area contributed by atoms with Crippen molar-refractivity contribution in [3.63, 3.8) is 0 Å². The summed E-state index contributed by atoms with van der Waals surface area (Å²) >= 11 is 1.86. The SMILES string of the molecule is Cc1cc(CCC(C)C)cs1. The van der Waals surface area contributed by atoms with Crippen LogP contribution in [0, 0.1) is 12.8 Å². The van der Waals surface area contributed by atoms with E-state index in [0.29, 0.717) is 0 Å². The molecule has 0 nitrogen and oxygen atoms in total. The second-order valence-electron chi connectivity index (χ2n) is 3.50. The van der Waals surface area contributed by atoms with E-state index < -0.39 is 0 Å². The van der Waals surface area contributed by atoms with Crippen LogP contribution in [0.4, 0.5) is 0 Å². The van der Waals surface area contributed by atoms with Gasteiger partial charge in [-0.1, -0.05) is 13.8 Å². The highest BCUT2D eigenvalue weighted by Gasteiger charge is 1.98. The van der Waals surface area contributed by atoms with Gasteiger partial charge in [0.2, 0.25) is 0 Å². The molecule has 0 bridgehead atoms. The van der Waals surface area contributed by atoms with Crippen molar-refractivity contribution in [2.24, 2.45) is 5.92 Å². The number of thiophene rings is 1. The van der Waals surface area contributed by atoms with E-state index in [9.17, 15) is 0 Å². The van der Waals surface area contributed by atoms with Gasteiger partial charge in [0.1, 0.15) is 0 Å². The van der Waals surface area contributed by atoms with E-state index in [1.165, 1.54) is 23.3 Å². The third-order valence-corrected chi connectivity index (χ3v) is 2.71. The lowest BCUT2D eigenvalue weighted by molar-refractivity contribution is 0.587. The van der Waals surface area contributed by atoms with Gasteiger partial charge in [-0.3, -0.25) is 0 Å². The fourth-order valence-corrected chi connectivity index (χ4v) is 1.83. The minimum Gasteiger partial charge on any atom is -0.149 e. The minimum absolute atomic E-state index is 0.829. The highest BCUT2D eigenvalue weighted by Crippen LogP contribution is 2.16. The summed E-state index contributed by atoms with van der Waals surface area (Å²) in [5.74, 6) is 0.829. The zero-order chi connectivity index (χ0) is 8.27. The van der Waals surface area contributed by atoms with Crippen molar-refractivity contribution >= 4 is 11.3 Å². The summed E-state index contributed by atoms with van der Waals surface area (Å²) < 4.78 is 0. The van der Waals surface area contributed by atoms with E-state index in [0.717, 1.165) is 5.92 Å². The Kier molecular flexibility index (Phi) is 3.13. The quantitative estimate of drug-likeness (QED) is 0.646. The number of hydrogen-bond donors (Lipinski definition) is 0. The summed E-state index contributed by atoms with van der Waals surface area (Å²) in [7, 11) is 0. The Morgan fingerprint density at radius 2 is 2.18 bits per heavy atom. The monoisotopic (exact) mass is 168 g/mol. The largest absolute Gasteiger partial charge is 0.149 e. The predicted molar refractivity (Wildman–Crippen MR) is 52.2 cm³/mol. The lowest BCUT2D eigenvalue weighted by Gasteiger charge is -2.00. The first kappa shape index (κ1) is 8.79. The van der Waals surface area contributed by atoms with E-state index in [-0.39, 0.29) is 0 Å². The van der Waals surface area contributed by atoms with Crippen LogP contribution in [0.25, 0.3) is 0 Å². The fourth-order valence-electron chi connectivity index (χ4n) is 1.08. The Balaban J connectivity index is 2.39. The summed E-state index contributed by atoms with van der Waals surface area (Å²) in [6.45, 7) is 6.72. The molecule has 1 rings (SSSR count). The fraction of sp³-hybridized carbons (Fsp3) is 0.600. The number of hydrogen-bond acceptors (Lipinski definition) is 1. The average molecular weight is 168 g/mol. The second-order valence-corrected chi connectivity index (χ2v) is 4.61. The Labute approximate surface area is 73.3 Å². The molecule has 0 saturated carbocycles. The van der Waals surface area contributed by atoms with Crippen molar-refractivity contribution in [1.82, 2.24) is 0 Å². The van der Waals surface area contributed by atoms with E-state index in [1.807, 2.05) is 11.3 Å². The minimum atomic E-state index is 0.829. The normalized spacial score (nSPS) is 10.9. The van der Waals surface area contributed by atoms with Crippen LogP contribution >= 0.6 is 11.3 Å². The topological polar surface area (TPSA) is 0 Å². The molecular weight excluding hydrogens is 152 g/mol. The van der Waals surface area contributed by atoms with Crippen LogP contribution < -0.4 is 0 Å².